The standard InChI is InChI=1S/C6H7NO/c1-5-6(8)3-2-4-7-5/h2-4,8H,1H3/i4D. The third-order valence-electron chi connectivity index (χ3n) is 0.919. The van der Waals surface area contributed by atoms with Gasteiger partial charge in [-0.25, -0.2) is 0 Å². The first kappa shape index (κ1) is 3.89. The Balaban J connectivity index is 3.17. The van der Waals surface area contributed by atoms with Crippen LogP contribution in [0.25, 0.3) is 0 Å². The first-order chi connectivity index (χ1) is 4.20. The lowest BCUT2D eigenvalue weighted by molar-refractivity contribution is 0.467. The number of rotatable bonds is 0. The van der Waals surface area contributed by atoms with E-state index in [1.807, 2.05) is 0 Å². The molecule has 0 saturated carbocycles. The molecule has 0 atom stereocenters. The van der Waals surface area contributed by atoms with Gasteiger partial charge in [0, 0.05) is 6.17 Å². The molecule has 0 fully saturated rings. The Labute approximate surface area is 49.2 Å². The lowest BCUT2D eigenvalue weighted by Gasteiger charge is -1.91. The van der Waals surface area contributed by atoms with Crippen LogP contribution in [-0.4, -0.2) is 10.1 Å². The molecule has 42 valence electrons. The van der Waals surface area contributed by atoms with Crippen molar-refractivity contribution in [3.63, 3.8) is 0 Å². The van der Waals surface area contributed by atoms with Crippen molar-refractivity contribution < 1.29 is 6.48 Å². The van der Waals surface area contributed by atoms with E-state index >= 15 is 0 Å². The first-order valence-corrected chi connectivity index (χ1v) is 2.33. The Kier molecular flexibility index (Phi) is 0.886. The van der Waals surface area contributed by atoms with Crippen LogP contribution < -0.4 is 0 Å². The molecule has 2 heteroatoms. The van der Waals surface area contributed by atoms with Crippen molar-refractivity contribution in [2.24, 2.45) is 0 Å². The van der Waals surface area contributed by atoms with Crippen LogP contribution in [0.5, 0.6) is 5.75 Å². The highest BCUT2D eigenvalue weighted by Crippen LogP contribution is 2.08. The number of hydrogen-bond donors (Lipinski definition) is 1. The summed E-state index contributed by atoms with van der Waals surface area (Å²) in [5, 5.41) is 8.90. The third-order valence-corrected chi connectivity index (χ3v) is 0.919. The van der Waals surface area contributed by atoms with Gasteiger partial charge in [0.05, 0.1) is 7.06 Å². The summed E-state index contributed by atoms with van der Waals surface area (Å²) in [4.78, 5) is 3.69. The number of aryl methyl sites for hydroxylation is 1. The summed E-state index contributed by atoms with van der Waals surface area (Å²) in [5.74, 6) is 0.144. The lowest BCUT2D eigenvalue weighted by Crippen LogP contribution is -1.76. The molecule has 0 aliphatic rings. The average molecular weight is 110 g/mol. The fourth-order valence-corrected chi connectivity index (χ4v) is 0.428. The lowest BCUT2D eigenvalue weighted by atomic mass is 10.3. The maximum absolute atomic E-state index is 8.90. The van der Waals surface area contributed by atoms with Crippen molar-refractivity contribution in [3.8, 4) is 5.75 Å². The molecule has 1 heterocycles. The second-order valence-corrected chi connectivity index (χ2v) is 1.54. The molecule has 0 saturated heterocycles. The molecule has 0 unspecified atom stereocenters. The quantitative estimate of drug-likeness (QED) is 0.542. The van der Waals surface area contributed by atoms with Gasteiger partial charge in [-0.2, -0.15) is 0 Å². The number of pyridine rings is 1. The molecule has 0 bridgehead atoms. The van der Waals surface area contributed by atoms with Gasteiger partial charge in [0.2, 0.25) is 0 Å². The molecule has 2 nitrogen and oxygen atoms in total. The summed E-state index contributed by atoms with van der Waals surface area (Å²) < 4.78 is 7.01. The van der Waals surface area contributed by atoms with E-state index in [9.17, 15) is 0 Å². The van der Waals surface area contributed by atoms with Crippen molar-refractivity contribution in [3.05, 3.63) is 24.0 Å². The third kappa shape index (κ3) is 0.780. The zero-order valence-corrected chi connectivity index (χ0v) is 4.55. The first-order valence-electron chi connectivity index (χ1n) is 2.83. The molecule has 0 radical (unpaired) electrons. The maximum Gasteiger partial charge on any atom is 0.136 e. The molecule has 0 aliphatic carbocycles. The highest BCUT2D eigenvalue weighted by Gasteiger charge is 1.88. The second-order valence-electron chi connectivity index (χ2n) is 1.54. The van der Waals surface area contributed by atoms with Crippen molar-refractivity contribution in [2.75, 3.05) is 0 Å². The molecular formula is C6H7NO. The van der Waals surface area contributed by atoms with Crippen LogP contribution in [0.4, 0.5) is 0 Å². The van der Waals surface area contributed by atoms with Crippen LogP contribution in [0.3, 0.4) is 0 Å². The Morgan fingerprint density at radius 1 is 1.88 bits per heavy atom. The summed E-state index contributed by atoms with van der Waals surface area (Å²) in [7, 11) is 0. The predicted molar refractivity (Wildman–Crippen MR) is 30.6 cm³/mol. The molecule has 0 aliphatic heterocycles. The van der Waals surface area contributed by atoms with E-state index in [0.29, 0.717) is 5.69 Å². The zero-order chi connectivity index (χ0) is 6.85. The van der Waals surface area contributed by atoms with Crippen LogP contribution in [0.1, 0.15) is 7.06 Å². The SMILES string of the molecule is [2H]c1ccc(O)c(C)n1. The number of aromatic nitrogens is 1. The van der Waals surface area contributed by atoms with Gasteiger partial charge in [0.1, 0.15) is 5.75 Å². The molecule has 0 amide bonds. The van der Waals surface area contributed by atoms with E-state index in [0.717, 1.165) is 0 Å². The molecule has 0 spiro atoms. The van der Waals surface area contributed by atoms with Gasteiger partial charge >= 0.3 is 0 Å². The van der Waals surface area contributed by atoms with E-state index in [4.69, 9.17) is 6.48 Å². The van der Waals surface area contributed by atoms with Gasteiger partial charge in [-0.15, -0.1) is 0 Å². The molecule has 8 heavy (non-hydrogen) atoms. The minimum absolute atomic E-state index is 0.144. The van der Waals surface area contributed by atoms with Crippen molar-refractivity contribution in [1.82, 2.24) is 4.98 Å². The number of nitrogens with zero attached hydrogens (tertiary/aromatic N) is 1. The van der Waals surface area contributed by atoms with Gasteiger partial charge in [0.25, 0.3) is 0 Å². The van der Waals surface area contributed by atoms with Crippen molar-refractivity contribution in [1.29, 1.82) is 0 Å². The van der Waals surface area contributed by atoms with Crippen LogP contribution >= 0.6 is 0 Å². The highest BCUT2D eigenvalue weighted by atomic mass is 16.3. The summed E-state index contributed by atoms with van der Waals surface area (Å²) in [6.45, 7) is 1.66. The summed E-state index contributed by atoms with van der Waals surface area (Å²) in [5.41, 5.74) is 0.502. The van der Waals surface area contributed by atoms with Crippen molar-refractivity contribution in [2.45, 2.75) is 6.92 Å². The highest BCUT2D eigenvalue weighted by molar-refractivity contribution is 5.22. The zero-order valence-electron chi connectivity index (χ0n) is 5.55. The number of hydrogen-bond acceptors (Lipinski definition) is 2. The fraction of sp³-hybridized carbons (Fsp3) is 0.167. The van der Waals surface area contributed by atoms with Gasteiger partial charge in [0.15, 0.2) is 0 Å². The van der Waals surface area contributed by atoms with E-state index in [1.54, 1.807) is 6.92 Å². The molecular weight excluding hydrogens is 102 g/mol. The van der Waals surface area contributed by atoms with Gasteiger partial charge in [-0.05, 0) is 19.1 Å². The van der Waals surface area contributed by atoms with Crippen LogP contribution in [0.2, 0.25) is 0 Å². The Bertz CT molecular complexity index is 224. The monoisotopic (exact) mass is 110 g/mol. The maximum atomic E-state index is 8.90. The normalized spacial score (nSPS) is 10.9. The van der Waals surface area contributed by atoms with Crippen molar-refractivity contribution >= 4 is 0 Å². The summed E-state index contributed by atoms with van der Waals surface area (Å²) in [6, 6.07) is 2.91. The van der Waals surface area contributed by atoms with E-state index < -0.39 is 0 Å². The molecule has 1 rings (SSSR count). The minimum Gasteiger partial charge on any atom is -0.506 e. The van der Waals surface area contributed by atoms with Crippen LogP contribution in [-0.2, 0) is 0 Å². The predicted octanol–water partition coefficient (Wildman–Crippen LogP) is 1.10. The van der Waals surface area contributed by atoms with E-state index in [2.05, 4.69) is 4.98 Å². The van der Waals surface area contributed by atoms with E-state index in [-0.39, 0.29) is 11.9 Å². The molecule has 1 aromatic rings. The molecule has 1 N–H and O–H groups in total. The largest absolute Gasteiger partial charge is 0.506 e. The smallest absolute Gasteiger partial charge is 0.136 e. The second kappa shape index (κ2) is 1.82. The van der Waals surface area contributed by atoms with E-state index in [1.165, 1.54) is 12.1 Å². The minimum atomic E-state index is 0.144. The topological polar surface area (TPSA) is 33.1 Å². The molecule has 0 aromatic carbocycles. The summed E-state index contributed by atoms with van der Waals surface area (Å²) in [6.07, 6.45) is 0.185. The Morgan fingerprint density at radius 2 is 2.62 bits per heavy atom. The van der Waals surface area contributed by atoms with Gasteiger partial charge < -0.3 is 5.11 Å². The molecule has 1 aromatic heterocycles. The van der Waals surface area contributed by atoms with Gasteiger partial charge in [-0.1, -0.05) is 0 Å². The summed E-state index contributed by atoms with van der Waals surface area (Å²) >= 11 is 0. The fourth-order valence-electron chi connectivity index (χ4n) is 0.428. The average Bonchev–Trinajstić information content (AvgIpc) is 1.80. The van der Waals surface area contributed by atoms with Gasteiger partial charge in [-0.3, -0.25) is 4.98 Å². The van der Waals surface area contributed by atoms with Crippen LogP contribution in [0, 0.1) is 6.92 Å². The van der Waals surface area contributed by atoms with Crippen LogP contribution in [0.15, 0.2) is 18.3 Å². The Hall–Kier alpha value is -1.05. The number of aromatic hydroxyl groups is 1. The Morgan fingerprint density at radius 3 is 3.12 bits per heavy atom.